The lowest BCUT2D eigenvalue weighted by atomic mass is 9.69. The van der Waals surface area contributed by atoms with Gasteiger partial charge in [0.05, 0.1) is 35.7 Å². The second-order valence-electron chi connectivity index (χ2n) is 9.99. The van der Waals surface area contributed by atoms with E-state index in [0.717, 1.165) is 0 Å². The number of carbonyl (C=O) groups is 3. The number of para-hydroxylation sites is 2. The molecule has 2 fully saturated rings. The molecular weight excluding hydrogens is 458 g/mol. The van der Waals surface area contributed by atoms with Crippen LogP contribution in [-0.4, -0.2) is 59.0 Å². The van der Waals surface area contributed by atoms with Gasteiger partial charge in [0.15, 0.2) is 11.9 Å². The van der Waals surface area contributed by atoms with Crippen LogP contribution in [-0.2, 0) is 23.8 Å². The summed E-state index contributed by atoms with van der Waals surface area (Å²) in [6.45, 7) is 5.96. The molecule has 0 radical (unpaired) electrons. The zero-order valence-corrected chi connectivity index (χ0v) is 19.7. The highest BCUT2D eigenvalue weighted by Crippen LogP contribution is 2.53. The minimum atomic E-state index is -1.43. The van der Waals surface area contributed by atoms with E-state index in [2.05, 4.69) is 0 Å². The zero-order valence-electron chi connectivity index (χ0n) is 19.7. The van der Waals surface area contributed by atoms with Crippen LogP contribution in [0.3, 0.4) is 0 Å². The summed E-state index contributed by atoms with van der Waals surface area (Å²) >= 11 is 0. The fourth-order valence-corrected chi connectivity index (χ4v) is 5.38. The van der Waals surface area contributed by atoms with Crippen molar-refractivity contribution >= 4 is 23.7 Å². The lowest BCUT2D eigenvalue weighted by Gasteiger charge is -2.47. The van der Waals surface area contributed by atoms with E-state index in [1.807, 2.05) is 0 Å². The number of aliphatic carboxylic acids is 2. The third kappa shape index (κ3) is 3.86. The molecule has 1 aromatic rings. The predicted octanol–water partition coefficient (Wildman–Crippen LogP) is 3.47. The Morgan fingerprint density at radius 2 is 1.71 bits per heavy atom. The Bertz CT molecular complexity index is 1170. The third-order valence-corrected chi connectivity index (χ3v) is 6.63. The molecule has 5 rings (SSSR count). The second-order valence-corrected chi connectivity index (χ2v) is 9.99. The number of allylic oxidation sites excluding steroid dienone is 1. The first-order valence-corrected chi connectivity index (χ1v) is 11.5. The smallest absolute Gasteiger partial charge is 0.419 e. The van der Waals surface area contributed by atoms with Crippen LogP contribution in [0.4, 0.5) is 10.5 Å². The number of carboxylic acids is 2. The molecule has 2 atom stereocenters. The summed E-state index contributed by atoms with van der Waals surface area (Å²) in [6.07, 6.45) is -1.09. The van der Waals surface area contributed by atoms with Crippen molar-refractivity contribution in [3.8, 4) is 5.75 Å². The molecule has 0 aromatic heterocycles. The Labute approximate surface area is 201 Å². The van der Waals surface area contributed by atoms with Gasteiger partial charge < -0.3 is 29.2 Å². The van der Waals surface area contributed by atoms with Gasteiger partial charge in [-0.1, -0.05) is 12.1 Å². The van der Waals surface area contributed by atoms with Crippen molar-refractivity contribution in [1.82, 2.24) is 0 Å². The number of benzene rings is 1. The van der Waals surface area contributed by atoms with Gasteiger partial charge in [0, 0.05) is 18.8 Å². The first kappa shape index (κ1) is 23.4. The summed E-state index contributed by atoms with van der Waals surface area (Å²) in [4.78, 5) is 39.8. The van der Waals surface area contributed by atoms with E-state index >= 15 is 0 Å². The number of amides is 1. The average molecular weight is 485 g/mol. The molecule has 2 aliphatic carbocycles. The largest absolute Gasteiger partial charge is 0.478 e. The summed E-state index contributed by atoms with van der Waals surface area (Å²) in [7, 11) is 0. The average Bonchev–Trinajstić information content (AvgIpc) is 3.22. The molecule has 2 unspecified atom stereocenters. The molecule has 1 saturated carbocycles. The quantitative estimate of drug-likeness (QED) is 0.646. The molecule has 1 saturated heterocycles. The molecule has 186 valence electrons. The summed E-state index contributed by atoms with van der Waals surface area (Å²) in [5, 5.41) is 20.3. The Kier molecular flexibility index (Phi) is 5.41. The second kappa shape index (κ2) is 8.10. The van der Waals surface area contributed by atoms with Crippen molar-refractivity contribution in [1.29, 1.82) is 0 Å². The minimum absolute atomic E-state index is 0.126. The van der Waals surface area contributed by atoms with Crippen molar-refractivity contribution < 1.29 is 43.5 Å². The molecule has 10 nitrogen and oxygen atoms in total. The fraction of sp³-hybridized carbons (Fsp3) is 0.480. The number of nitrogens with zero attached hydrogens (tertiary/aromatic N) is 1. The van der Waals surface area contributed by atoms with Gasteiger partial charge in [-0.3, -0.25) is 0 Å². The van der Waals surface area contributed by atoms with Crippen molar-refractivity contribution in [3.63, 3.8) is 0 Å². The monoisotopic (exact) mass is 485 g/mol. The van der Waals surface area contributed by atoms with Gasteiger partial charge in [-0.25, -0.2) is 19.3 Å². The van der Waals surface area contributed by atoms with Crippen LogP contribution in [0.15, 0.2) is 46.7 Å². The molecule has 2 heterocycles. The Morgan fingerprint density at radius 1 is 1.06 bits per heavy atom. The molecule has 1 aromatic carbocycles. The molecule has 4 aliphatic rings. The van der Waals surface area contributed by atoms with Crippen LogP contribution < -0.4 is 9.64 Å². The van der Waals surface area contributed by atoms with E-state index in [1.165, 1.54) is 4.90 Å². The topological polar surface area (TPSA) is 132 Å². The van der Waals surface area contributed by atoms with Gasteiger partial charge in [-0.2, -0.15) is 0 Å². The first-order valence-electron chi connectivity index (χ1n) is 11.5. The van der Waals surface area contributed by atoms with E-state index in [1.54, 1.807) is 45.0 Å². The van der Waals surface area contributed by atoms with Crippen molar-refractivity contribution in [2.24, 2.45) is 5.92 Å². The fourth-order valence-electron chi connectivity index (χ4n) is 5.38. The highest BCUT2D eigenvalue weighted by molar-refractivity contribution is 6.04. The molecule has 1 amide bonds. The maximum Gasteiger partial charge on any atom is 0.419 e. The maximum atomic E-state index is 13.5. The SMILES string of the molecule is CC(C)(C)OC(=O)N1C2=C3CCC4(CC3C(C(=O)O)=C(C(=O)O)C2Oc2ccccc21)OCCO4. The molecular formula is C25H27NO9. The van der Waals surface area contributed by atoms with E-state index in [4.69, 9.17) is 18.9 Å². The molecule has 35 heavy (non-hydrogen) atoms. The standard InChI is InChI=1S/C25H27NO9/c1-24(2,3)35-23(31)26-15-6-4-5-7-16(15)34-20-18(22(29)30)17(21(27)28)14-12-25(32-10-11-33-25)9-8-13(14)19(20)26/h4-7,14,20H,8-12H2,1-3H3,(H,27,28)(H,29,30). The van der Waals surface area contributed by atoms with Gasteiger partial charge >= 0.3 is 18.0 Å². The lowest BCUT2D eigenvalue weighted by Crippen LogP contribution is -2.51. The Morgan fingerprint density at radius 3 is 2.34 bits per heavy atom. The third-order valence-electron chi connectivity index (χ3n) is 6.63. The normalized spacial score (nSPS) is 24.9. The number of carbonyl (C=O) groups excluding carboxylic acids is 1. The number of anilines is 1. The van der Waals surface area contributed by atoms with Crippen LogP contribution in [0, 0.1) is 5.92 Å². The number of carboxylic acid groups (broad SMARTS) is 2. The molecule has 10 heteroatoms. The number of hydrogen-bond acceptors (Lipinski definition) is 7. The van der Waals surface area contributed by atoms with E-state index in [9.17, 15) is 24.6 Å². The van der Waals surface area contributed by atoms with E-state index < -0.39 is 47.0 Å². The first-order chi connectivity index (χ1) is 16.5. The number of fused-ring (bicyclic) bond motifs is 3. The van der Waals surface area contributed by atoms with Crippen LogP contribution in [0.25, 0.3) is 0 Å². The maximum absolute atomic E-state index is 13.5. The van der Waals surface area contributed by atoms with Crippen LogP contribution >= 0.6 is 0 Å². The van der Waals surface area contributed by atoms with Gasteiger partial charge in [-0.05, 0) is 44.9 Å². The summed E-state index contributed by atoms with van der Waals surface area (Å²) in [6, 6.07) is 6.72. The van der Waals surface area contributed by atoms with Gasteiger partial charge in [0.2, 0.25) is 0 Å². The minimum Gasteiger partial charge on any atom is -0.478 e. The highest BCUT2D eigenvalue weighted by Gasteiger charge is 2.54. The van der Waals surface area contributed by atoms with Crippen LogP contribution in [0.5, 0.6) is 5.75 Å². The summed E-state index contributed by atoms with van der Waals surface area (Å²) in [5.41, 5.74) is -0.210. The predicted molar refractivity (Wildman–Crippen MR) is 121 cm³/mol. The highest BCUT2D eigenvalue weighted by atomic mass is 16.7. The molecule has 2 N–H and O–H groups in total. The van der Waals surface area contributed by atoms with Crippen LogP contribution in [0.2, 0.25) is 0 Å². The van der Waals surface area contributed by atoms with E-state index in [0.29, 0.717) is 37.3 Å². The Balaban J connectivity index is 1.74. The Hall–Kier alpha value is -3.37. The zero-order chi connectivity index (χ0) is 25.1. The van der Waals surface area contributed by atoms with E-state index in [-0.39, 0.29) is 23.4 Å². The molecule has 1 spiro atoms. The van der Waals surface area contributed by atoms with Gasteiger partial charge in [0.1, 0.15) is 11.4 Å². The van der Waals surface area contributed by atoms with Crippen molar-refractivity contribution in [2.75, 3.05) is 18.1 Å². The number of ether oxygens (including phenoxy) is 4. The lowest BCUT2D eigenvalue weighted by molar-refractivity contribution is -0.178. The molecule has 2 aliphatic heterocycles. The van der Waals surface area contributed by atoms with Gasteiger partial charge in [-0.15, -0.1) is 0 Å². The molecule has 0 bridgehead atoms. The number of hydrogen-bond donors (Lipinski definition) is 2. The number of rotatable bonds is 2. The van der Waals surface area contributed by atoms with Crippen molar-refractivity contribution in [3.05, 3.63) is 46.7 Å². The van der Waals surface area contributed by atoms with Crippen LogP contribution in [0.1, 0.15) is 40.0 Å². The van der Waals surface area contributed by atoms with Crippen molar-refractivity contribution in [2.45, 2.75) is 57.5 Å². The van der Waals surface area contributed by atoms with Gasteiger partial charge in [0.25, 0.3) is 0 Å². The summed E-state index contributed by atoms with van der Waals surface area (Å²) < 4.78 is 23.5. The summed E-state index contributed by atoms with van der Waals surface area (Å²) in [5.74, 6) is -4.36.